The molecule has 0 atom stereocenters. The monoisotopic (exact) mass is 300 g/mol. The molecule has 0 aliphatic heterocycles. The van der Waals surface area contributed by atoms with Crippen LogP contribution in [0.3, 0.4) is 0 Å². The van der Waals surface area contributed by atoms with E-state index in [0.717, 1.165) is 12.8 Å². The van der Waals surface area contributed by atoms with Gasteiger partial charge in [0.05, 0.1) is 11.9 Å². The molecule has 1 saturated carbocycles. The van der Waals surface area contributed by atoms with Gasteiger partial charge in [-0.3, -0.25) is 0 Å². The van der Waals surface area contributed by atoms with Gasteiger partial charge in [0.25, 0.3) is 0 Å². The Labute approximate surface area is 119 Å². The first-order valence-corrected chi connectivity index (χ1v) is 8.15. The predicted molar refractivity (Wildman–Crippen MR) is 77.1 cm³/mol. The van der Waals surface area contributed by atoms with Gasteiger partial charge in [0.2, 0.25) is 10.0 Å². The van der Waals surface area contributed by atoms with Crippen LogP contribution < -0.4 is 15.2 Å². The summed E-state index contributed by atoms with van der Waals surface area (Å²) in [6.45, 7) is 0.111. The van der Waals surface area contributed by atoms with Crippen LogP contribution in [-0.4, -0.2) is 40.0 Å². The molecule has 20 heavy (non-hydrogen) atoms. The van der Waals surface area contributed by atoms with Gasteiger partial charge in [-0.05, 0) is 37.1 Å². The highest BCUT2D eigenvalue weighted by atomic mass is 32.2. The maximum absolute atomic E-state index is 11.8. The summed E-state index contributed by atoms with van der Waals surface area (Å²) < 4.78 is 36.8. The summed E-state index contributed by atoms with van der Waals surface area (Å²) in [6.07, 6.45) is 1.64. The highest BCUT2D eigenvalue weighted by molar-refractivity contribution is 7.89. The van der Waals surface area contributed by atoms with E-state index in [4.69, 9.17) is 15.2 Å². The number of rotatable bonds is 7. The lowest BCUT2D eigenvalue weighted by Gasteiger charge is -2.34. The smallest absolute Gasteiger partial charge is 0.215 e. The maximum atomic E-state index is 11.8. The summed E-state index contributed by atoms with van der Waals surface area (Å²) >= 11 is 0. The van der Waals surface area contributed by atoms with Gasteiger partial charge in [0.1, 0.15) is 12.4 Å². The van der Waals surface area contributed by atoms with Crippen molar-refractivity contribution in [1.29, 1.82) is 0 Å². The van der Waals surface area contributed by atoms with Crippen molar-refractivity contribution in [3.05, 3.63) is 24.3 Å². The zero-order chi connectivity index (χ0) is 14.6. The van der Waals surface area contributed by atoms with Crippen LogP contribution in [0, 0.1) is 0 Å². The second-order valence-corrected chi connectivity index (χ2v) is 6.75. The Hall–Kier alpha value is -1.31. The summed E-state index contributed by atoms with van der Waals surface area (Å²) in [5.74, 6) is 0.545. The Bertz CT molecular complexity index is 524. The van der Waals surface area contributed by atoms with E-state index in [0.29, 0.717) is 11.4 Å². The molecule has 0 heterocycles. The van der Waals surface area contributed by atoms with E-state index in [1.807, 2.05) is 0 Å². The van der Waals surface area contributed by atoms with E-state index in [1.165, 1.54) is 0 Å². The molecule has 1 aromatic rings. The first kappa shape index (κ1) is 15.1. The lowest BCUT2D eigenvalue weighted by molar-refractivity contribution is 0.0236. The first-order chi connectivity index (χ1) is 9.48. The van der Waals surface area contributed by atoms with Crippen molar-refractivity contribution in [3.8, 4) is 5.75 Å². The Morgan fingerprint density at radius 2 is 1.95 bits per heavy atom. The van der Waals surface area contributed by atoms with E-state index in [1.54, 1.807) is 31.4 Å². The average molecular weight is 300 g/mol. The molecule has 1 aromatic carbocycles. The van der Waals surface area contributed by atoms with E-state index in [9.17, 15) is 8.42 Å². The third-order valence-electron chi connectivity index (χ3n) is 3.28. The van der Waals surface area contributed by atoms with E-state index < -0.39 is 10.0 Å². The van der Waals surface area contributed by atoms with Crippen molar-refractivity contribution in [2.45, 2.75) is 25.0 Å². The molecule has 1 fully saturated rings. The lowest BCUT2D eigenvalue weighted by atomic mass is 9.90. The minimum absolute atomic E-state index is 0.0125. The van der Waals surface area contributed by atoms with Crippen molar-refractivity contribution >= 4 is 15.7 Å². The highest BCUT2D eigenvalue weighted by Gasteiger charge is 2.31. The van der Waals surface area contributed by atoms with Gasteiger partial charge in [-0.15, -0.1) is 0 Å². The number of nitrogen functional groups attached to an aromatic ring is 1. The van der Waals surface area contributed by atoms with Crippen molar-refractivity contribution in [2.24, 2.45) is 0 Å². The SMILES string of the molecule is COC1CC(NS(=O)(=O)CCOc2ccc(N)cc2)C1. The summed E-state index contributed by atoms with van der Waals surface area (Å²) in [5.41, 5.74) is 6.20. The molecule has 1 aliphatic rings. The van der Waals surface area contributed by atoms with Gasteiger partial charge in [-0.1, -0.05) is 0 Å². The first-order valence-electron chi connectivity index (χ1n) is 6.49. The van der Waals surface area contributed by atoms with E-state index >= 15 is 0 Å². The molecular weight excluding hydrogens is 280 g/mol. The predicted octanol–water partition coefficient (Wildman–Crippen LogP) is 0.744. The Morgan fingerprint density at radius 3 is 2.55 bits per heavy atom. The largest absolute Gasteiger partial charge is 0.492 e. The molecular formula is C13H20N2O4S. The summed E-state index contributed by atoms with van der Waals surface area (Å²) in [6, 6.07) is 6.83. The van der Waals surface area contributed by atoms with Crippen LogP contribution in [-0.2, 0) is 14.8 Å². The minimum atomic E-state index is -3.31. The zero-order valence-corrected chi connectivity index (χ0v) is 12.2. The molecule has 6 nitrogen and oxygen atoms in total. The van der Waals surface area contributed by atoms with Crippen LogP contribution >= 0.6 is 0 Å². The number of sulfonamides is 1. The van der Waals surface area contributed by atoms with Crippen molar-refractivity contribution in [2.75, 3.05) is 25.2 Å². The second kappa shape index (κ2) is 6.43. The van der Waals surface area contributed by atoms with Gasteiger partial charge < -0.3 is 15.2 Å². The van der Waals surface area contributed by atoms with Gasteiger partial charge in [-0.2, -0.15) is 0 Å². The van der Waals surface area contributed by atoms with Gasteiger partial charge in [-0.25, -0.2) is 13.1 Å². The van der Waals surface area contributed by atoms with Crippen LogP contribution in [0.15, 0.2) is 24.3 Å². The number of anilines is 1. The Balaban J connectivity index is 1.71. The molecule has 2 rings (SSSR count). The quantitative estimate of drug-likeness (QED) is 0.725. The van der Waals surface area contributed by atoms with Crippen LogP contribution in [0.25, 0.3) is 0 Å². The topological polar surface area (TPSA) is 90.6 Å². The fourth-order valence-corrected chi connectivity index (χ4v) is 3.12. The van der Waals surface area contributed by atoms with E-state index in [2.05, 4.69) is 4.72 Å². The Kier molecular flexibility index (Phi) is 4.85. The maximum Gasteiger partial charge on any atom is 0.215 e. The van der Waals surface area contributed by atoms with Crippen LogP contribution in [0.2, 0.25) is 0 Å². The molecule has 3 N–H and O–H groups in total. The number of nitrogens with two attached hydrogens (primary N) is 1. The molecule has 0 radical (unpaired) electrons. The molecule has 0 bridgehead atoms. The number of benzene rings is 1. The average Bonchev–Trinajstić information content (AvgIpc) is 2.35. The normalized spacial score (nSPS) is 22.2. The third-order valence-corrected chi connectivity index (χ3v) is 4.67. The molecule has 7 heteroatoms. The number of hydrogen-bond acceptors (Lipinski definition) is 5. The number of ether oxygens (including phenoxy) is 2. The van der Waals surface area contributed by atoms with Gasteiger partial charge >= 0.3 is 0 Å². The summed E-state index contributed by atoms with van der Waals surface area (Å²) in [7, 11) is -1.67. The fraction of sp³-hybridized carbons (Fsp3) is 0.538. The molecule has 1 aliphatic carbocycles. The highest BCUT2D eigenvalue weighted by Crippen LogP contribution is 2.23. The van der Waals surface area contributed by atoms with Crippen molar-refractivity contribution in [3.63, 3.8) is 0 Å². The fourth-order valence-electron chi connectivity index (χ4n) is 2.00. The zero-order valence-electron chi connectivity index (χ0n) is 11.4. The van der Waals surface area contributed by atoms with Crippen molar-refractivity contribution in [1.82, 2.24) is 4.72 Å². The molecule has 0 unspecified atom stereocenters. The molecule has 0 spiro atoms. The summed E-state index contributed by atoms with van der Waals surface area (Å²) in [5, 5.41) is 0. The van der Waals surface area contributed by atoms with Crippen LogP contribution in [0.4, 0.5) is 5.69 Å². The minimum Gasteiger partial charge on any atom is -0.492 e. The second-order valence-electron chi connectivity index (χ2n) is 4.88. The molecule has 0 saturated heterocycles. The molecule has 112 valence electrons. The number of hydrogen-bond donors (Lipinski definition) is 2. The molecule has 0 aromatic heterocycles. The van der Waals surface area contributed by atoms with Crippen LogP contribution in [0.1, 0.15) is 12.8 Å². The Morgan fingerprint density at radius 1 is 1.30 bits per heavy atom. The van der Waals surface area contributed by atoms with Crippen molar-refractivity contribution < 1.29 is 17.9 Å². The molecule has 0 amide bonds. The third kappa shape index (κ3) is 4.36. The number of methoxy groups -OCH3 is 1. The lowest BCUT2D eigenvalue weighted by Crippen LogP contribution is -2.48. The van der Waals surface area contributed by atoms with Gasteiger partial charge in [0, 0.05) is 18.8 Å². The standard InChI is InChI=1S/C13H20N2O4S/c1-18-13-8-11(9-13)15-20(16,17)7-6-19-12-4-2-10(14)3-5-12/h2-5,11,13,15H,6-9,14H2,1H3. The van der Waals surface area contributed by atoms with E-state index in [-0.39, 0.29) is 24.5 Å². The van der Waals surface area contributed by atoms with Crippen LogP contribution in [0.5, 0.6) is 5.75 Å². The summed E-state index contributed by atoms with van der Waals surface area (Å²) in [4.78, 5) is 0. The van der Waals surface area contributed by atoms with Gasteiger partial charge in [0.15, 0.2) is 0 Å². The number of nitrogens with one attached hydrogen (secondary N) is 1.